The van der Waals surface area contributed by atoms with E-state index in [9.17, 15) is 4.79 Å². The number of benzene rings is 1. The van der Waals surface area contributed by atoms with Crippen molar-refractivity contribution in [2.75, 3.05) is 39.5 Å². The van der Waals surface area contributed by atoms with E-state index in [0.717, 1.165) is 84.4 Å². The second-order valence-electron chi connectivity index (χ2n) is 8.25. The lowest BCUT2D eigenvalue weighted by Crippen LogP contribution is -2.37. The Morgan fingerprint density at radius 3 is 2.78 bits per heavy atom. The molecule has 0 saturated carbocycles. The average molecular weight is 434 g/mol. The van der Waals surface area contributed by atoms with Gasteiger partial charge in [-0.15, -0.1) is 0 Å². The smallest absolute Gasteiger partial charge is 0.150 e. The summed E-state index contributed by atoms with van der Waals surface area (Å²) in [6.45, 7) is 7.07. The maximum atomic E-state index is 11.6. The number of aromatic amines is 1. The topological polar surface area (TPSA) is 85.3 Å². The molecule has 4 heterocycles. The Labute approximate surface area is 186 Å². The van der Waals surface area contributed by atoms with Crippen molar-refractivity contribution in [2.24, 2.45) is 7.05 Å². The zero-order valence-corrected chi connectivity index (χ0v) is 18.4. The van der Waals surface area contributed by atoms with E-state index in [2.05, 4.69) is 20.0 Å². The number of morpholine rings is 1. The van der Waals surface area contributed by atoms with Gasteiger partial charge in [-0.1, -0.05) is 0 Å². The fraction of sp³-hybridized carbons (Fsp3) is 0.375. The molecular formula is C24H27N5O3. The first-order chi connectivity index (χ1) is 15.6. The summed E-state index contributed by atoms with van der Waals surface area (Å²) in [7, 11) is 1.92. The van der Waals surface area contributed by atoms with Gasteiger partial charge < -0.3 is 14.5 Å². The first-order valence-electron chi connectivity index (χ1n) is 11.0. The van der Waals surface area contributed by atoms with Gasteiger partial charge in [-0.05, 0) is 37.6 Å². The van der Waals surface area contributed by atoms with Crippen LogP contribution in [-0.4, -0.2) is 70.4 Å². The minimum atomic E-state index is 0.585. The molecule has 4 aromatic rings. The average Bonchev–Trinajstić information content (AvgIpc) is 3.35. The van der Waals surface area contributed by atoms with Crippen LogP contribution in [-0.2, 0) is 11.8 Å². The molecule has 3 aromatic heterocycles. The van der Waals surface area contributed by atoms with E-state index in [1.807, 2.05) is 43.0 Å². The highest BCUT2D eigenvalue weighted by molar-refractivity contribution is 6.10. The number of hydrogen-bond donors (Lipinski definition) is 1. The number of nitrogens with one attached hydrogen (secondary N) is 1. The van der Waals surface area contributed by atoms with E-state index >= 15 is 0 Å². The Bertz CT molecular complexity index is 1270. The molecule has 0 amide bonds. The molecule has 1 aromatic carbocycles. The molecule has 166 valence electrons. The monoisotopic (exact) mass is 433 g/mol. The van der Waals surface area contributed by atoms with Crippen molar-refractivity contribution in [1.29, 1.82) is 0 Å². The van der Waals surface area contributed by atoms with Crippen molar-refractivity contribution < 1.29 is 14.3 Å². The Balaban J connectivity index is 1.43. The van der Waals surface area contributed by atoms with E-state index in [1.165, 1.54) is 0 Å². The van der Waals surface area contributed by atoms with E-state index in [-0.39, 0.29) is 0 Å². The molecule has 5 rings (SSSR count). The summed E-state index contributed by atoms with van der Waals surface area (Å²) in [5.41, 5.74) is 5.17. The number of aryl methyl sites for hydroxylation is 2. The van der Waals surface area contributed by atoms with Gasteiger partial charge in [0, 0.05) is 49.2 Å². The van der Waals surface area contributed by atoms with Crippen LogP contribution in [0.25, 0.3) is 33.2 Å². The summed E-state index contributed by atoms with van der Waals surface area (Å²) in [5, 5.41) is 6.32. The molecule has 0 unspecified atom stereocenters. The van der Waals surface area contributed by atoms with Gasteiger partial charge >= 0.3 is 0 Å². The third kappa shape index (κ3) is 3.99. The van der Waals surface area contributed by atoms with E-state index in [4.69, 9.17) is 9.47 Å². The highest BCUT2D eigenvalue weighted by atomic mass is 16.5. The standard InChI is InChI=1S/C24H27N5O3/c1-16-10-22(28(2)27-16)21-13-20-19(14-25-21)18-11-17(15-30)12-23(24(18)26-20)32-7-3-4-29-5-8-31-9-6-29/h10-15,26H,3-9H2,1-2H3. The van der Waals surface area contributed by atoms with Crippen molar-refractivity contribution in [3.8, 4) is 17.1 Å². The number of aldehydes is 1. The van der Waals surface area contributed by atoms with Crippen LogP contribution in [0, 0.1) is 6.92 Å². The molecular weight excluding hydrogens is 406 g/mol. The van der Waals surface area contributed by atoms with Crippen molar-refractivity contribution in [2.45, 2.75) is 13.3 Å². The number of carbonyl (C=O) groups is 1. The van der Waals surface area contributed by atoms with Crippen LogP contribution >= 0.6 is 0 Å². The predicted octanol–water partition coefficient (Wildman–Crippen LogP) is 3.34. The second-order valence-corrected chi connectivity index (χ2v) is 8.25. The molecule has 1 aliphatic heterocycles. The number of hydrogen-bond acceptors (Lipinski definition) is 6. The summed E-state index contributed by atoms with van der Waals surface area (Å²) < 4.78 is 13.4. The highest BCUT2D eigenvalue weighted by Gasteiger charge is 2.15. The van der Waals surface area contributed by atoms with E-state index in [0.29, 0.717) is 17.9 Å². The number of nitrogens with zero attached hydrogens (tertiary/aromatic N) is 4. The Morgan fingerprint density at radius 1 is 1.19 bits per heavy atom. The highest BCUT2D eigenvalue weighted by Crippen LogP contribution is 2.34. The molecule has 0 atom stereocenters. The number of ether oxygens (including phenoxy) is 2. The molecule has 32 heavy (non-hydrogen) atoms. The van der Waals surface area contributed by atoms with Crippen LogP contribution in [0.15, 0.2) is 30.5 Å². The second kappa shape index (κ2) is 8.72. The SMILES string of the molecule is Cc1cc(-c2cc3[nH]c4c(OCCCN5CCOCC5)cc(C=O)cc4c3cn2)n(C)n1. The minimum Gasteiger partial charge on any atom is -0.491 e. The number of fused-ring (bicyclic) bond motifs is 3. The Kier molecular flexibility index (Phi) is 5.63. The molecule has 8 nitrogen and oxygen atoms in total. The molecule has 8 heteroatoms. The first-order valence-corrected chi connectivity index (χ1v) is 11.0. The lowest BCUT2D eigenvalue weighted by atomic mass is 10.1. The summed E-state index contributed by atoms with van der Waals surface area (Å²) >= 11 is 0. The zero-order valence-electron chi connectivity index (χ0n) is 18.4. The van der Waals surface area contributed by atoms with Crippen molar-refractivity contribution >= 4 is 28.1 Å². The lowest BCUT2D eigenvalue weighted by Gasteiger charge is -2.26. The van der Waals surface area contributed by atoms with Gasteiger partial charge in [-0.25, -0.2) is 0 Å². The first kappa shape index (κ1) is 20.7. The Morgan fingerprint density at radius 2 is 2.03 bits per heavy atom. The summed E-state index contributed by atoms with van der Waals surface area (Å²) in [5.74, 6) is 0.695. The van der Waals surface area contributed by atoms with Crippen LogP contribution in [0.1, 0.15) is 22.5 Å². The zero-order chi connectivity index (χ0) is 22.1. The van der Waals surface area contributed by atoms with Crippen molar-refractivity contribution in [3.63, 3.8) is 0 Å². The Hall–Kier alpha value is -3.23. The summed E-state index contributed by atoms with van der Waals surface area (Å²) in [6.07, 6.45) is 3.63. The molecule has 0 radical (unpaired) electrons. The molecule has 0 spiro atoms. The number of carbonyl (C=O) groups excluding carboxylic acids is 1. The molecule has 1 saturated heterocycles. The molecule has 1 aliphatic rings. The fourth-order valence-corrected chi connectivity index (χ4v) is 4.35. The molecule has 0 bridgehead atoms. The largest absolute Gasteiger partial charge is 0.491 e. The van der Waals surface area contributed by atoms with Gasteiger partial charge in [-0.2, -0.15) is 5.10 Å². The van der Waals surface area contributed by atoms with Gasteiger partial charge in [0.05, 0.1) is 47.9 Å². The van der Waals surface area contributed by atoms with E-state index in [1.54, 1.807) is 6.07 Å². The number of H-pyrrole nitrogens is 1. The number of rotatable bonds is 7. The van der Waals surface area contributed by atoms with Crippen LogP contribution in [0.2, 0.25) is 0 Å². The normalized spacial score (nSPS) is 14.9. The number of aromatic nitrogens is 4. The maximum Gasteiger partial charge on any atom is 0.150 e. The number of pyridine rings is 1. The van der Waals surface area contributed by atoms with Crippen molar-refractivity contribution in [3.05, 3.63) is 41.7 Å². The van der Waals surface area contributed by atoms with Crippen molar-refractivity contribution in [1.82, 2.24) is 24.6 Å². The molecule has 0 aliphatic carbocycles. The van der Waals surface area contributed by atoms with Gasteiger partial charge in [-0.3, -0.25) is 19.4 Å². The maximum absolute atomic E-state index is 11.6. The van der Waals surface area contributed by atoms with Gasteiger partial charge in [0.2, 0.25) is 0 Å². The van der Waals surface area contributed by atoms with Gasteiger partial charge in [0.1, 0.15) is 12.0 Å². The van der Waals surface area contributed by atoms with Crippen LogP contribution < -0.4 is 4.74 Å². The quantitative estimate of drug-likeness (QED) is 0.355. The minimum absolute atomic E-state index is 0.585. The van der Waals surface area contributed by atoms with E-state index < -0.39 is 0 Å². The third-order valence-corrected chi connectivity index (χ3v) is 5.96. The summed E-state index contributed by atoms with van der Waals surface area (Å²) in [6, 6.07) is 7.73. The molecule has 1 fully saturated rings. The summed E-state index contributed by atoms with van der Waals surface area (Å²) in [4.78, 5) is 22.1. The van der Waals surface area contributed by atoms with Crippen LogP contribution in [0.5, 0.6) is 5.75 Å². The third-order valence-electron chi connectivity index (χ3n) is 5.96. The van der Waals surface area contributed by atoms with Crippen LogP contribution in [0.3, 0.4) is 0 Å². The van der Waals surface area contributed by atoms with Crippen LogP contribution in [0.4, 0.5) is 0 Å². The van der Waals surface area contributed by atoms with Gasteiger partial charge in [0.15, 0.2) is 0 Å². The lowest BCUT2D eigenvalue weighted by molar-refractivity contribution is 0.0358. The fourth-order valence-electron chi connectivity index (χ4n) is 4.35. The predicted molar refractivity (Wildman–Crippen MR) is 123 cm³/mol. The molecule has 1 N–H and O–H groups in total. The van der Waals surface area contributed by atoms with Gasteiger partial charge in [0.25, 0.3) is 0 Å².